The van der Waals surface area contributed by atoms with Crippen molar-refractivity contribution in [3.05, 3.63) is 59.7 Å². The van der Waals surface area contributed by atoms with E-state index in [9.17, 15) is 13.2 Å². The monoisotopic (exact) mass is 392 g/mol. The van der Waals surface area contributed by atoms with Crippen LogP contribution in [0.4, 0.5) is 0 Å². The maximum absolute atomic E-state index is 12.9. The molecular formula is C19H24N2O5S. The number of aliphatic hydroxyl groups is 1. The second-order valence-corrected chi connectivity index (χ2v) is 7.71. The summed E-state index contributed by atoms with van der Waals surface area (Å²) in [4.78, 5) is 12.4. The summed E-state index contributed by atoms with van der Waals surface area (Å²) in [5, 5.41) is 11.4. The summed E-state index contributed by atoms with van der Waals surface area (Å²) in [6, 6.07) is 12.9. The zero-order valence-electron chi connectivity index (χ0n) is 15.3. The summed E-state index contributed by atoms with van der Waals surface area (Å²) in [5.74, 6) is -0.314. The molecule has 8 heteroatoms. The number of aliphatic hydroxyl groups excluding tert-OH is 1. The van der Waals surface area contributed by atoms with Gasteiger partial charge in [-0.25, -0.2) is 8.42 Å². The predicted octanol–water partition coefficient (Wildman–Crippen LogP) is 1.00. The first kappa shape index (κ1) is 20.9. The average Bonchev–Trinajstić information content (AvgIpc) is 2.66. The number of ether oxygens (including phenoxy) is 1. The van der Waals surface area contributed by atoms with Crippen LogP contribution in [0.15, 0.2) is 53.4 Å². The Morgan fingerprint density at radius 3 is 2.52 bits per heavy atom. The third-order valence-electron chi connectivity index (χ3n) is 3.92. The summed E-state index contributed by atoms with van der Waals surface area (Å²) < 4.78 is 33.5. The highest BCUT2D eigenvalue weighted by Gasteiger charge is 2.28. The van der Waals surface area contributed by atoms with Crippen LogP contribution in [0.1, 0.15) is 11.1 Å². The molecule has 0 aliphatic carbocycles. The van der Waals surface area contributed by atoms with Crippen LogP contribution in [0, 0.1) is 6.92 Å². The van der Waals surface area contributed by atoms with E-state index in [1.165, 1.54) is 13.2 Å². The number of hydrogen-bond donors (Lipinski definition) is 3. The Bertz CT molecular complexity index is 869. The summed E-state index contributed by atoms with van der Waals surface area (Å²) in [6.07, 6.45) is 0.172. The van der Waals surface area contributed by atoms with Gasteiger partial charge in [-0.15, -0.1) is 0 Å². The molecule has 7 nitrogen and oxygen atoms in total. The smallest absolute Gasteiger partial charge is 0.244 e. The van der Waals surface area contributed by atoms with E-state index < -0.39 is 22.0 Å². The van der Waals surface area contributed by atoms with Crippen LogP contribution in [-0.2, 0) is 21.2 Å². The number of rotatable bonds is 9. The molecule has 1 atom stereocenters. The van der Waals surface area contributed by atoms with Gasteiger partial charge in [0.15, 0.2) is 0 Å². The van der Waals surface area contributed by atoms with Crippen molar-refractivity contribution >= 4 is 15.9 Å². The first-order valence-electron chi connectivity index (χ1n) is 8.47. The SMILES string of the molecule is COc1ccc(C)cc1S(=O)(=O)NC(Cc1ccccc1)C(=O)NCCO. The maximum atomic E-state index is 12.9. The molecule has 0 fully saturated rings. The van der Waals surface area contributed by atoms with Crippen LogP contribution in [0.25, 0.3) is 0 Å². The third-order valence-corrected chi connectivity index (χ3v) is 5.41. The highest BCUT2D eigenvalue weighted by molar-refractivity contribution is 7.89. The molecule has 27 heavy (non-hydrogen) atoms. The normalized spacial score (nSPS) is 12.4. The molecule has 2 aromatic rings. The van der Waals surface area contributed by atoms with Gasteiger partial charge in [0.1, 0.15) is 16.7 Å². The molecule has 1 unspecified atom stereocenters. The minimum atomic E-state index is -4.01. The highest BCUT2D eigenvalue weighted by atomic mass is 32.2. The molecule has 0 saturated carbocycles. The fraction of sp³-hybridized carbons (Fsp3) is 0.316. The average molecular weight is 392 g/mol. The molecule has 2 aromatic carbocycles. The van der Waals surface area contributed by atoms with Gasteiger partial charge < -0.3 is 15.2 Å². The number of amides is 1. The number of aryl methyl sites for hydroxylation is 1. The fourth-order valence-corrected chi connectivity index (χ4v) is 4.03. The van der Waals surface area contributed by atoms with E-state index >= 15 is 0 Å². The van der Waals surface area contributed by atoms with Crippen LogP contribution < -0.4 is 14.8 Å². The van der Waals surface area contributed by atoms with Crippen molar-refractivity contribution in [3.63, 3.8) is 0 Å². The predicted molar refractivity (Wildman–Crippen MR) is 102 cm³/mol. The zero-order chi connectivity index (χ0) is 19.9. The standard InChI is InChI=1S/C19H24N2O5S/c1-14-8-9-17(26-2)18(12-14)27(24,25)21-16(19(23)20-10-11-22)13-15-6-4-3-5-7-15/h3-9,12,16,21-22H,10-11,13H2,1-2H3,(H,20,23). The van der Waals surface area contributed by atoms with Gasteiger partial charge in [0.05, 0.1) is 13.7 Å². The second-order valence-electron chi connectivity index (χ2n) is 6.03. The molecule has 0 heterocycles. The molecule has 0 aromatic heterocycles. The lowest BCUT2D eigenvalue weighted by atomic mass is 10.1. The number of nitrogens with one attached hydrogen (secondary N) is 2. The Hall–Kier alpha value is -2.42. The van der Waals surface area contributed by atoms with Gasteiger partial charge in [-0.1, -0.05) is 36.4 Å². The van der Waals surface area contributed by atoms with Crippen molar-refractivity contribution < 1.29 is 23.1 Å². The van der Waals surface area contributed by atoms with Gasteiger partial charge in [0.25, 0.3) is 0 Å². The minimum absolute atomic E-state index is 0.0296. The van der Waals surface area contributed by atoms with Gasteiger partial charge in [-0.05, 0) is 36.6 Å². The first-order chi connectivity index (χ1) is 12.9. The van der Waals surface area contributed by atoms with Crippen molar-refractivity contribution in [2.45, 2.75) is 24.3 Å². The van der Waals surface area contributed by atoms with Crippen LogP contribution in [0.5, 0.6) is 5.75 Å². The van der Waals surface area contributed by atoms with Gasteiger partial charge in [-0.2, -0.15) is 4.72 Å². The lowest BCUT2D eigenvalue weighted by Gasteiger charge is -2.19. The van der Waals surface area contributed by atoms with Crippen molar-refractivity contribution in [1.29, 1.82) is 0 Å². The topological polar surface area (TPSA) is 105 Å². The Balaban J connectivity index is 2.32. The number of carbonyl (C=O) groups excluding carboxylic acids is 1. The number of benzene rings is 2. The van der Waals surface area contributed by atoms with Gasteiger partial charge in [0.2, 0.25) is 15.9 Å². The first-order valence-corrected chi connectivity index (χ1v) is 9.95. The largest absolute Gasteiger partial charge is 0.495 e. The van der Waals surface area contributed by atoms with E-state index in [2.05, 4.69) is 10.0 Å². The minimum Gasteiger partial charge on any atom is -0.495 e. The molecule has 0 radical (unpaired) electrons. The molecule has 0 saturated heterocycles. The summed E-state index contributed by atoms with van der Waals surface area (Å²) >= 11 is 0. The summed E-state index contributed by atoms with van der Waals surface area (Å²) in [7, 11) is -2.63. The number of hydrogen-bond acceptors (Lipinski definition) is 5. The molecule has 0 aliphatic heterocycles. The van der Waals surface area contributed by atoms with Crippen molar-refractivity contribution in [2.75, 3.05) is 20.3 Å². The molecule has 146 valence electrons. The van der Waals surface area contributed by atoms with Crippen LogP contribution in [0.3, 0.4) is 0 Å². The van der Waals surface area contributed by atoms with Crippen LogP contribution in [-0.4, -0.2) is 45.7 Å². The highest BCUT2D eigenvalue weighted by Crippen LogP contribution is 2.25. The third kappa shape index (κ3) is 5.78. The molecule has 0 aliphatic rings. The van der Waals surface area contributed by atoms with E-state index in [4.69, 9.17) is 9.84 Å². The molecule has 3 N–H and O–H groups in total. The van der Waals surface area contributed by atoms with Crippen molar-refractivity contribution in [3.8, 4) is 5.75 Å². The quantitative estimate of drug-likeness (QED) is 0.591. The van der Waals surface area contributed by atoms with Gasteiger partial charge >= 0.3 is 0 Å². The zero-order valence-corrected chi connectivity index (χ0v) is 16.1. The van der Waals surface area contributed by atoms with E-state index in [-0.39, 0.29) is 30.2 Å². The van der Waals surface area contributed by atoms with E-state index in [1.54, 1.807) is 19.1 Å². The Morgan fingerprint density at radius 2 is 1.89 bits per heavy atom. The van der Waals surface area contributed by atoms with Gasteiger partial charge in [0, 0.05) is 6.54 Å². The molecule has 2 rings (SSSR count). The van der Waals surface area contributed by atoms with Crippen LogP contribution in [0.2, 0.25) is 0 Å². The summed E-state index contributed by atoms with van der Waals surface area (Å²) in [5.41, 5.74) is 1.56. The Labute approximate surface area is 159 Å². The van der Waals surface area contributed by atoms with E-state index in [0.29, 0.717) is 0 Å². The molecule has 1 amide bonds. The van der Waals surface area contributed by atoms with E-state index in [1.807, 2.05) is 30.3 Å². The van der Waals surface area contributed by atoms with E-state index in [0.717, 1.165) is 11.1 Å². The fourth-order valence-electron chi connectivity index (χ4n) is 2.58. The summed E-state index contributed by atoms with van der Waals surface area (Å²) in [6.45, 7) is 1.58. The second kappa shape index (κ2) is 9.50. The van der Waals surface area contributed by atoms with Crippen molar-refractivity contribution in [1.82, 2.24) is 10.0 Å². The number of carbonyl (C=O) groups is 1. The van der Waals surface area contributed by atoms with Gasteiger partial charge in [-0.3, -0.25) is 4.79 Å². The Kier molecular flexibility index (Phi) is 7.35. The van der Waals surface area contributed by atoms with Crippen molar-refractivity contribution in [2.24, 2.45) is 0 Å². The molecule has 0 spiro atoms. The Morgan fingerprint density at radius 1 is 1.19 bits per heavy atom. The lowest BCUT2D eigenvalue weighted by molar-refractivity contribution is -0.122. The molecule has 0 bridgehead atoms. The number of methoxy groups -OCH3 is 1. The number of sulfonamides is 1. The van der Waals surface area contributed by atoms with Crippen LogP contribution >= 0.6 is 0 Å². The molecular weight excluding hydrogens is 368 g/mol. The lowest BCUT2D eigenvalue weighted by Crippen LogP contribution is -2.48. The maximum Gasteiger partial charge on any atom is 0.244 e.